The highest BCUT2D eigenvalue weighted by Gasteiger charge is 2.12. The number of aliphatic imine (C=N–C) groups is 1. The van der Waals surface area contributed by atoms with Crippen LogP contribution in [0.1, 0.15) is 32.9 Å². The van der Waals surface area contributed by atoms with E-state index in [4.69, 9.17) is 9.26 Å². The van der Waals surface area contributed by atoms with E-state index >= 15 is 0 Å². The molecule has 1 aromatic rings. The van der Waals surface area contributed by atoms with E-state index in [2.05, 4.69) is 34.6 Å². The van der Waals surface area contributed by atoms with Crippen LogP contribution in [0.15, 0.2) is 21.8 Å². The topological polar surface area (TPSA) is 71.7 Å². The Hall–Kier alpha value is -1.56. The molecular weight excluding hydrogens is 256 g/mol. The third-order valence-electron chi connectivity index (χ3n) is 3.00. The molecule has 0 aliphatic carbocycles. The van der Waals surface area contributed by atoms with Gasteiger partial charge in [-0.1, -0.05) is 19.0 Å². The van der Waals surface area contributed by atoms with Crippen molar-refractivity contribution in [1.29, 1.82) is 0 Å². The van der Waals surface area contributed by atoms with Crippen LogP contribution in [0.4, 0.5) is 0 Å². The minimum absolute atomic E-state index is 0.279. The first-order chi connectivity index (χ1) is 9.67. The Morgan fingerprint density at radius 2 is 2.25 bits per heavy atom. The van der Waals surface area contributed by atoms with Gasteiger partial charge in [0.05, 0.1) is 12.6 Å². The maximum atomic E-state index is 5.72. The second-order valence-corrected chi connectivity index (χ2v) is 4.87. The fourth-order valence-corrected chi connectivity index (χ4v) is 1.88. The first-order valence-corrected chi connectivity index (χ1v) is 7.12. The summed E-state index contributed by atoms with van der Waals surface area (Å²) in [7, 11) is 1.75. The predicted molar refractivity (Wildman–Crippen MR) is 79.6 cm³/mol. The third-order valence-corrected chi connectivity index (χ3v) is 3.00. The van der Waals surface area contributed by atoms with Crippen molar-refractivity contribution in [2.75, 3.05) is 20.2 Å². The minimum atomic E-state index is 0.279. The Morgan fingerprint density at radius 3 is 2.80 bits per heavy atom. The predicted octanol–water partition coefficient (Wildman–Crippen LogP) is 1.79. The fraction of sp³-hybridized carbons (Fsp3) is 0.714. The molecule has 0 saturated carbocycles. The summed E-state index contributed by atoms with van der Waals surface area (Å²) in [6.45, 7) is 8.55. The summed E-state index contributed by atoms with van der Waals surface area (Å²) in [5.41, 5.74) is 0.849. The third kappa shape index (κ3) is 6.06. The van der Waals surface area contributed by atoms with E-state index in [-0.39, 0.29) is 6.10 Å². The molecule has 0 spiro atoms. The molecular formula is C14H26N4O2. The molecule has 0 aromatic carbocycles. The van der Waals surface area contributed by atoms with Gasteiger partial charge >= 0.3 is 0 Å². The van der Waals surface area contributed by atoms with E-state index < -0.39 is 0 Å². The number of hydrogen-bond donors (Lipinski definition) is 2. The van der Waals surface area contributed by atoms with Crippen LogP contribution in [0, 0.1) is 5.92 Å². The number of rotatable bonds is 8. The second kappa shape index (κ2) is 9.36. The van der Waals surface area contributed by atoms with Crippen LogP contribution in [0.2, 0.25) is 0 Å². The van der Waals surface area contributed by atoms with Crippen LogP contribution in [-0.4, -0.2) is 37.4 Å². The Bertz CT molecular complexity index is 377. The summed E-state index contributed by atoms with van der Waals surface area (Å²) >= 11 is 0. The highest BCUT2D eigenvalue weighted by Crippen LogP contribution is 2.09. The van der Waals surface area contributed by atoms with Crippen LogP contribution in [0.3, 0.4) is 0 Å². The number of aromatic nitrogens is 1. The quantitative estimate of drug-likeness (QED) is 0.562. The summed E-state index contributed by atoms with van der Waals surface area (Å²) in [5, 5.41) is 10.3. The standard InChI is InChI=1S/C14H26N4O2/c1-5-19-13(11(2)3)6-8-16-14(15-4)17-10-12-7-9-20-18-12/h7,9,11,13H,5-6,8,10H2,1-4H3,(H2,15,16,17). The van der Waals surface area contributed by atoms with Gasteiger partial charge in [0.15, 0.2) is 5.96 Å². The minimum Gasteiger partial charge on any atom is -0.378 e. The number of nitrogens with one attached hydrogen (secondary N) is 2. The Labute approximate surface area is 121 Å². The summed E-state index contributed by atoms with van der Waals surface area (Å²) in [4.78, 5) is 4.17. The smallest absolute Gasteiger partial charge is 0.191 e. The number of hydrogen-bond acceptors (Lipinski definition) is 4. The molecule has 6 nitrogen and oxygen atoms in total. The normalized spacial score (nSPS) is 13.6. The van der Waals surface area contributed by atoms with Gasteiger partial charge in [-0.25, -0.2) is 0 Å². The SMILES string of the molecule is CCOC(CCNC(=NC)NCc1ccon1)C(C)C. The Balaban J connectivity index is 2.27. The molecule has 2 N–H and O–H groups in total. The van der Waals surface area contributed by atoms with Gasteiger partial charge in [0.25, 0.3) is 0 Å². The van der Waals surface area contributed by atoms with Gasteiger partial charge in [-0.15, -0.1) is 0 Å². The van der Waals surface area contributed by atoms with Crippen molar-refractivity contribution in [3.63, 3.8) is 0 Å². The molecule has 1 unspecified atom stereocenters. The Kier molecular flexibility index (Phi) is 7.72. The largest absolute Gasteiger partial charge is 0.378 e. The van der Waals surface area contributed by atoms with Crippen molar-refractivity contribution in [1.82, 2.24) is 15.8 Å². The molecule has 0 amide bonds. The van der Waals surface area contributed by atoms with Crippen LogP contribution < -0.4 is 10.6 Å². The fourth-order valence-electron chi connectivity index (χ4n) is 1.88. The molecule has 1 aromatic heterocycles. The lowest BCUT2D eigenvalue weighted by atomic mass is 10.0. The highest BCUT2D eigenvalue weighted by molar-refractivity contribution is 5.79. The molecule has 1 heterocycles. The van der Waals surface area contributed by atoms with Gasteiger partial charge in [0.2, 0.25) is 0 Å². The molecule has 0 fully saturated rings. The second-order valence-electron chi connectivity index (χ2n) is 4.87. The van der Waals surface area contributed by atoms with Gasteiger partial charge in [-0.3, -0.25) is 4.99 Å². The van der Waals surface area contributed by atoms with E-state index in [0.717, 1.165) is 31.2 Å². The summed E-state index contributed by atoms with van der Waals surface area (Å²) in [6.07, 6.45) is 2.79. The number of nitrogens with zero attached hydrogens (tertiary/aromatic N) is 2. The van der Waals surface area contributed by atoms with Crippen molar-refractivity contribution in [3.8, 4) is 0 Å². The van der Waals surface area contributed by atoms with Gasteiger partial charge in [0.1, 0.15) is 12.0 Å². The molecule has 0 aliphatic rings. The maximum Gasteiger partial charge on any atom is 0.191 e. The van der Waals surface area contributed by atoms with Crippen molar-refractivity contribution in [3.05, 3.63) is 18.0 Å². The maximum absolute atomic E-state index is 5.72. The zero-order valence-electron chi connectivity index (χ0n) is 12.8. The van der Waals surface area contributed by atoms with E-state index in [9.17, 15) is 0 Å². The lowest BCUT2D eigenvalue weighted by molar-refractivity contribution is 0.0258. The molecule has 0 saturated heterocycles. The van der Waals surface area contributed by atoms with Crippen LogP contribution in [0.5, 0.6) is 0 Å². The summed E-state index contributed by atoms with van der Waals surface area (Å²) in [6, 6.07) is 1.82. The molecule has 0 radical (unpaired) electrons. The first kappa shape index (κ1) is 16.5. The monoisotopic (exact) mass is 282 g/mol. The molecule has 1 atom stereocenters. The molecule has 1 rings (SSSR count). The van der Waals surface area contributed by atoms with Crippen LogP contribution in [-0.2, 0) is 11.3 Å². The van der Waals surface area contributed by atoms with Crippen molar-refractivity contribution >= 4 is 5.96 Å². The van der Waals surface area contributed by atoms with Crippen LogP contribution >= 0.6 is 0 Å². The van der Waals surface area contributed by atoms with Crippen LogP contribution in [0.25, 0.3) is 0 Å². The van der Waals surface area contributed by atoms with E-state index in [0.29, 0.717) is 12.5 Å². The Morgan fingerprint density at radius 1 is 1.45 bits per heavy atom. The van der Waals surface area contributed by atoms with Gasteiger partial charge in [-0.2, -0.15) is 0 Å². The van der Waals surface area contributed by atoms with E-state index in [1.54, 1.807) is 13.3 Å². The first-order valence-electron chi connectivity index (χ1n) is 7.12. The van der Waals surface area contributed by atoms with Gasteiger partial charge < -0.3 is 19.9 Å². The average Bonchev–Trinajstić information content (AvgIpc) is 2.94. The molecule has 0 bridgehead atoms. The number of ether oxygens (including phenoxy) is 1. The van der Waals surface area contributed by atoms with Gasteiger partial charge in [0, 0.05) is 26.3 Å². The summed E-state index contributed by atoms with van der Waals surface area (Å²) < 4.78 is 10.5. The van der Waals surface area contributed by atoms with Gasteiger partial charge in [-0.05, 0) is 19.3 Å². The zero-order chi connectivity index (χ0) is 14.8. The highest BCUT2D eigenvalue weighted by atomic mass is 16.5. The van der Waals surface area contributed by atoms with E-state index in [1.165, 1.54) is 0 Å². The lowest BCUT2D eigenvalue weighted by Gasteiger charge is -2.21. The molecule has 114 valence electrons. The number of guanidine groups is 1. The lowest BCUT2D eigenvalue weighted by Crippen LogP contribution is -2.39. The summed E-state index contributed by atoms with van der Waals surface area (Å²) in [5.74, 6) is 1.27. The van der Waals surface area contributed by atoms with Crippen molar-refractivity contribution in [2.45, 2.75) is 39.8 Å². The molecule has 6 heteroatoms. The molecule has 20 heavy (non-hydrogen) atoms. The van der Waals surface area contributed by atoms with E-state index in [1.807, 2.05) is 13.0 Å². The van der Waals surface area contributed by atoms with Crippen molar-refractivity contribution in [2.24, 2.45) is 10.9 Å². The van der Waals surface area contributed by atoms with Crippen molar-refractivity contribution < 1.29 is 9.26 Å². The molecule has 0 aliphatic heterocycles. The zero-order valence-corrected chi connectivity index (χ0v) is 12.8. The average molecular weight is 282 g/mol.